The standard InChI is InChI=1S/C15H17N3O2/c19-15(14-11-3-1-2-4-12(11)17-20-14)16-13-9-18-7-5-10(13)6-8-18/h1-4,10,13H,5-9H2,(H,16,19)/t13-/m0/s1. The minimum absolute atomic E-state index is 0.141. The van der Waals surface area contributed by atoms with Crippen LogP contribution in [0.3, 0.4) is 0 Å². The van der Waals surface area contributed by atoms with Crippen LogP contribution in [0.2, 0.25) is 0 Å². The molecule has 0 unspecified atom stereocenters. The molecule has 20 heavy (non-hydrogen) atoms. The first kappa shape index (κ1) is 11.9. The molecule has 0 spiro atoms. The number of hydrogen-bond donors (Lipinski definition) is 1. The van der Waals surface area contributed by atoms with E-state index in [0.717, 1.165) is 17.4 Å². The summed E-state index contributed by atoms with van der Waals surface area (Å²) in [6.45, 7) is 3.30. The lowest BCUT2D eigenvalue weighted by molar-refractivity contribution is 0.0602. The van der Waals surface area contributed by atoms with Crippen molar-refractivity contribution in [3.63, 3.8) is 0 Å². The summed E-state index contributed by atoms with van der Waals surface area (Å²) in [5.41, 5.74) is 0.728. The molecule has 3 saturated heterocycles. The summed E-state index contributed by atoms with van der Waals surface area (Å²) in [5, 5.41) is 7.85. The number of nitrogens with zero attached hydrogens (tertiary/aromatic N) is 2. The van der Waals surface area contributed by atoms with Gasteiger partial charge in [-0.05, 0) is 44.0 Å². The van der Waals surface area contributed by atoms with E-state index in [9.17, 15) is 4.79 Å². The number of aromatic nitrogens is 1. The summed E-state index contributed by atoms with van der Waals surface area (Å²) in [4.78, 5) is 14.8. The molecule has 0 saturated carbocycles. The molecular weight excluding hydrogens is 254 g/mol. The molecule has 5 nitrogen and oxygen atoms in total. The molecule has 3 aliphatic heterocycles. The third-order valence-corrected chi connectivity index (χ3v) is 4.56. The predicted octanol–water partition coefficient (Wildman–Crippen LogP) is 1.65. The first-order valence-electron chi connectivity index (χ1n) is 7.19. The summed E-state index contributed by atoms with van der Waals surface area (Å²) < 4.78 is 5.22. The highest BCUT2D eigenvalue weighted by Gasteiger charge is 2.35. The number of fused-ring (bicyclic) bond motifs is 4. The Hall–Kier alpha value is -1.88. The maximum atomic E-state index is 12.4. The van der Waals surface area contributed by atoms with Crippen LogP contribution in [0, 0.1) is 5.92 Å². The van der Waals surface area contributed by atoms with Crippen LogP contribution in [0.4, 0.5) is 0 Å². The number of piperidine rings is 3. The van der Waals surface area contributed by atoms with Gasteiger partial charge in [-0.3, -0.25) is 4.79 Å². The Labute approximate surface area is 116 Å². The van der Waals surface area contributed by atoms with Crippen LogP contribution < -0.4 is 5.32 Å². The molecule has 1 aromatic heterocycles. The number of benzene rings is 1. The van der Waals surface area contributed by atoms with Gasteiger partial charge in [0.05, 0.1) is 5.39 Å². The van der Waals surface area contributed by atoms with Gasteiger partial charge in [0.2, 0.25) is 5.76 Å². The van der Waals surface area contributed by atoms with Gasteiger partial charge < -0.3 is 14.7 Å². The van der Waals surface area contributed by atoms with Crippen molar-refractivity contribution in [2.75, 3.05) is 19.6 Å². The normalized spacial score (nSPS) is 28.7. The van der Waals surface area contributed by atoms with Gasteiger partial charge in [-0.2, -0.15) is 0 Å². The van der Waals surface area contributed by atoms with E-state index in [1.807, 2.05) is 24.3 Å². The van der Waals surface area contributed by atoms with Gasteiger partial charge >= 0.3 is 0 Å². The molecule has 1 atom stereocenters. The monoisotopic (exact) mass is 271 g/mol. The van der Waals surface area contributed by atoms with Gasteiger partial charge in [0, 0.05) is 12.6 Å². The number of carbonyl (C=O) groups is 1. The van der Waals surface area contributed by atoms with Gasteiger partial charge in [0.1, 0.15) is 5.52 Å². The molecule has 5 heteroatoms. The second kappa shape index (κ2) is 4.59. The van der Waals surface area contributed by atoms with Crippen molar-refractivity contribution in [2.24, 2.45) is 5.92 Å². The SMILES string of the molecule is O=C(N[C@H]1CN2CCC1CC2)c1onc2ccccc12. The van der Waals surface area contributed by atoms with E-state index in [1.54, 1.807) is 0 Å². The largest absolute Gasteiger partial charge is 0.350 e. The minimum atomic E-state index is -0.141. The van der Waals surface area contributed by atoms with E-state index >= 15 is 0 Å². The summed E-state index contributed by atoms with van der Waals surface area (Å²) in [5.74, 6) is 0.799. The van der Waals surface area contributed by atoms with Gasteiger partial charge in [-0.1, -0.05) is 17.3 Å². The molecule has 3 aliphatic rings. The fourth-order valence-electron chi connectivity index (χ4n) is 3.42. The first-order valence-corrected chi connectivity index (χ1v) is 7.19. The van der Waals surface area contributed by atoms with Gasteiger partial charge in [0.15, 0.2) is 0 Å². The smallest absolute Gasteiger partial charge is 0.290 e. The van der Waals surface area contributed by atoms with Gasteiger partial charge in [-0.15, -0.1) is 0 Å². The topological polar surface area (TPSA) is 58.4 Å². The summed E-state index contributed by atoms with van der Waals surface area (Å²) in [6, 6.07) is 7.75. The Morgan fingerprint density at radius 3 is 2.85 bits per heavy atom. The Kier molecular flexibility index (Phi) is 2.73. The molecule has 5 rings (SSSR count). The number of hydrogen-bond acceptors (Lipinski definition) is 4. The molecular formula is C15H17N3O2. The van der Waals surface area contributed by atoms with Crippen LogP contribution in [0.5, 0.6) is 0 Å². The molecule has 1 amide bonds. The minimum Gasteiger partial charge on any atom is -0.350 e. The number of rotatable bonds is 2. The van der Waals surface area contributed by atoms with E-state index in [2.05, 4.69) is 15.4 Å². The zero-order valence-corrected chi connectivity index (χ0v) is 11.2. The number of nitrogens with one attached hydrogen (secondary N) is 1. The second-order valence-corrected chi connectivity index (χ2v) is 5.75. The zero-order chi connectivity index (χ0) is 13.5. The third kappa shape index (κ3) is 1.89. The zero-order valence-electron chi connectivity index (χ0n) is 11.2. The van der Waals surface area contributed by atoms with Crippen molar-refractivity contribution in [3.05, 3.63) is 30.0 Å². The van der Waals surface area contributed by atoms with Crippen molar-refractivity contribution < 1.29 is 9.32 Å². The summed E-state index contributed by atoms with van der Waals surface area (Å²) in [6.07, 6.45) is 2.37. The van der Waals surface area contributed by atoms with Crippen molar-refractivity contribution in [3.8, 4) is 0 Å². The summed E-state index contributed by atoms with van der Waals surface area (Å²) >= 11 is 0. The Bertz CT molecular complexity index is 643. The summed E-state index contributed by atoms with van der Waals surface area (Å²) in [7, 11) is 0. The van der Waals surface area contributed by atoms with E-state index < -0.39 is 0 Å². The van der Waals surface area contributed by atoms with E-state index in [4.69, 9.17) is 4.52 Å². The van der Waals surface area contributed by atoms with E-state index in [0.29, 0.717) is 11.7 Å². The molecule has 2 bridgehead atoms. The van der Waals surface area contributed by atoms with Crippen molar-refractivity contribution >= 4 is 16.8 Å². The average Bonchev–Trinajstić information content (AvgIpc) is 2.92. The maximum Gasteiger partial charge on any atom is 0.290 e. The van der Waals surface area contributed by atoms with Crippen LogP contribution in [0.15, 0.2) is 28.8 Å². The average molecular weight is 271 g/mol. The molecule has 3 fully saturated rings. The Morgan fingerprint density at radius 1 is 1.30 bits per heavy atom. The highest BCUT2D eigenvalue weighted by molar-refractivity contribution is 6.03. The van der Waals surface area contributed by atoms with Crippen LogP contribution in [-0.4, -0.2) is 41.6 Å². The third-order valence-electron chi connectivity index (χ3n) is 4.56. The van der Waals surface area contributed by atoms with Gasteiger partial charge in [-0.25, -0.2) is 0 Å². The van der Waals surface area contributed by atoms with Crippen LogP contribution >= 0.6 is 0 Å². The molecule has 2 aromatic rings. The lowest BCUT2D eigenvalue weighted by Gasteiger charge is -2.44. The van der Waals surface area contributed by atoms with E-state index in [1.165, 1.54) is 25.9 Å². The maximum absolute atomic E-state index is 12.4. The van der Waals surface area contributed by atoms with Crippen LogP contribution in [-0.2, 0) is 0 Å². The lowest BCUT2D eigenvalue weighted by atomic mass is 9.84. The van der Waals surface area contributed by atoms with E-state index in [-0.39, 0.29) is 11.9 Å². The molecule has 0 aliphatic carbocycles. The number of amides is 1. The van der Waals surface area contributed by atoms with Crippen molar-refractivity contribution in [1.82, 2.24) is 15.4 Å². The Balaban J connectivity index is 1.56. The van der Waals surface area contributed by atoms with Crippen LogP contribution in [0.25, 0.3) is 10.9 Å². The van der Waals surface area contributed by atoms with Gasteiger partial charge in [0.25, 0.3) is 5.91 Å². The predicted molar refractivity (Wildman–Crippen MR) is 74.4 cm³/mol. The fourth-order valence-corrected chi connectivity index (χ4v) is 3.42. The highest BCUT2D eigenvalue weighted by atomic mass is 16.5. The number of carbonyl (C=O) groups excluding carboxylic acids is 1. The molecule has 1 N–H and O–H groups in total. The fraction of sp³-hybridized carbons (Fsp3) is 0.467. The molecule has 1 aromatic carbocycles. The van der Waals surface area contributed by atoms with Crippen molar-refractivity contribution in [1.29, 1.82) is 0 Å². The van der Waals surface area contributed by atoms with Crippen molar-refractivity contribution in [2.45, 2.75) is 18.9 Å². The molecule has 0 radical (unpaired) electrons. The Morgan fingerprint density at radius 2 is 2.10 bits per heavy atom. The molecule has 104 valence electrons. The van der Waals surface area contributed by atoms with Crippen LogP contribution in [0.1, 0.15) is 23.4 Å². The highest BCUT2D eigenvalue weighted by Crippen LogP contribution is 2.28. The molecule has 4 heterocycles. The lowest BCUT2D eigenvalue weighted by Crippen LogP contribution is -2.57. The second-order valence-electron chi connectivity index (χ2n) is 5.75. The first-order chi connectivity index (χ1) is 9.81. The quantitative estimate of drug-likeness (QED) is 0.902.